The fourth-order valence-electron chi connectivity index (χ4n) is 2.98. The van der Waals surface area contributed by atoms with Crippen LogP contribution in [0.25, 0.3) is 22.2 Å². The van der Waals surface area contributed by atoms with E-state index in [4.69, 9.17) is 4.98 Å². The summed E-state index contributed by atoms with van der Waals surface area (Å²) in [6.45, 7) is 3.79. The number of nitrogens with one attached hydrogen (secondary N) is 1. The second-order valence-corrected chi connectivity index (χ2v) is 7.11. The quantitative estimate of drug-likeness (QED) is 0.579. The van der Waals surface area contributed by atoms with Gasteiger partial charge in [0.1, 0.15) is 5.01 Å². The molecule has 0 unspecified atom stereocenters. The Labute approximate surface area is 154 Å². The number of amides is 1. The van der Waals surface area contributed by atoms with E-state index in [2.05, 4.69) is 15.5 Å². The fourth-order valence-corrected chi connectivity index (χ4v) is 3.57. The highest BCUT2D eigenvalue weighted by molar-refractivity contribution is 7.15. The van der Waals surface area contributed by atoms with E-state index < -0.39 is 0 Å². The minimum atomic E-state index is -0.200. The molecule has 0 aliphatic heterocycles. The number of rotatable bonds is 3. The van der Waals surface area contributed by atoms with Crippen molar-refractivity contribution >= 4 is 33.3 Å². The van der Waals surface area contributed by atoms with Crippen LogP contribution in [0.4, 0.5) is 5.13 Å². The van der Waals surface area contributed by atoms with Crippen LogP contribution in [-0.4, -0.2) is 21.1 Å². The SMILES string of the molecule is Cc1nnc(NC(=O)c2c(C)c(-c3ccccc3)nc3ccccc23)s1. The molecule has 5 nitrogen and oxygen atoms in total. The lowest BCUT2D eigenvalue weighted by Gasteiger charge is -2.14. The zero-order valence-corrected chi connectivity index (χ0v) is 15.2. The molecule has 0 radical (unpaired) electrons. The number of carbonyl (C=O) groups excluding carboxylic acids is 1. The molecule has 1 N–H and O–H groups in total. The first-order valence-corrected chi connectivity index (χ1v) is 9.01. The maximum atomic E-state index is 13.0. The number of aryl methyl sites for hydroxylation is 1. The van der Waals surface area contributed by atoms with Crippen molar-refractivity contribution in [1.82, 2.24) is 15.2 Å². The lowest BCUT2D eigenvalue weighted by atomic mass is 9.97. The topological polar surface area (TPSA) is 67.8 Å². The summed E-state index contributed by atoms with van der Waals surface area (Å²) in [5.74, 6) is -0.200. The molecule has 2 aromatic heterocycles. The summed E-state index contributed by atoms with van der Waals surface area (Å²) in [5, 5.41) is 12.9. The van der Waals surface area contributed by atoms with Gasteiger partial charge in [0.05, 0.1) is 16.8 Å². The average Bonchev–Trinajstić information content (AvgIpc) is 3.06. The van der Waals surface area contributed by atoms with Gasteiger partial charge in [-0.05, 0) is 25.5 Å². The number of hydrogen-bond acceptors (Lipinski definition) is 5. The number of aromatic nitrogens is 3. The van der Waals surface area contributed by atoms with Gasteiger partial charge in [-0.15, -0.1) is 10.2 Å². The number of nitrogens with zero attached hydrogens (tertiary/aromatic N) is 3. The third kappa shape index (κ3) is 2.95. The summed E-state index contributed by atoms with van der Waals surface area (Å²) in [6.07, 6.45) is 0. The van der Waals surface area contributed by atoms with Gasteiger partial charge in [0.15, 0.2) is 0 Å². The van der Waals surface area contributed by atoms with Gasteiger partial charge in [-0.25, -0.2) is 4.98 Å². The van der Waals surface area contributed by atoms with Crippen molar-refractivity contribution in [3.8, 4) is 11.3 Å². The summed E-state index contributed by atoms with van der Waals surface area (Å²) in [5.41, 5.74) is 4.03. The van der Waals surface area contributed by atoms with Crippen LogP contribution in [0, 0.1) is 13.8 Å². The zero-order valence-electron chi connectivity index (χ0n) is 14.4. The van der Waals surface area contributed by atoms with E-state index in [0.717, 1.165) is 32.7 Å². The number of fused-ring (bicyclic) bond motifs is 1. The lowest BCUT2D eigenvalue weighted by Crippen LogP contribution is -2.15. The normalized spacial score (nSPS) is 10.8. The molecule has 128 valence electrons. The molecule has 1 amide bonds. The van der Waals surface area contributed by atoms with Crippen molar-refractivity contribution in [2.75, 3.05) is 5.32 Å². The van der Waals surface area contributed by atoms with Crippen LogP contribution in [0.1, 0.15) is 20.9 Å². The summed E-state index contributed by atoms with van der Waals surface area (Å²) in [6, 6.07) is 17.6. The van der Waals surface area contributed by atoms with E-state index in [9.17, 15) is 4.79 Å². The highest BCUT2D eigenvalue weighted by atomic mass is 32.1. The van der Waals surface area contributed by atoms with Gasteiger partial charge in [0.25, 0.3) is 5.91 Å². The van der Waals surface area contributed by atoms with E-state index >= 15 is 0 Å². The number of benzene rings is 2. The lowest BCUT2D eigenvalue weighted by molar-refractivity contribution is 0.102. The number of para-hydroxylation sites is 1. The molecule has 4 rings (SSSR count). The van der Waals surface area contributed by atoms with Crippen molar-refractivity contribution in [1.29, 1.82) is 0 Å². The number of hydrogen-bond donors (Lipinski definition) is 1. The molecule has 0 atom stereocenters. The van der Waals surface area contributed by atoms with Gasteiger partial charge >= 0.3 is 0 Å². The molecule has 0 aliphatic rings. The third-order valence-corrected chi connectivity index (χ3v) is 4.91. The Bertz CT molecular complexity index is 1110. The second kappa shape index (κ2) is 6.65. The maximum absolute atomic E-state index is 13.0. The van der Waals surface area contributed by atoms with Crippen LogP contribution >= 0.6 is 11.3 Å². The first-order valence-electron chi connectivity index (χ1n) is 8.19. The summed E-state index contributed by atoms with van der Waals surface area (Å²) in [4.78, 5) is 17.8. The molecule has 26 heavy (non-hydrogen) atoms. The van der Waals surface area contributed by atoms with E-state index in [-0.39, 0.29) is 5.91 Å². The van der Waals surface area contributed by atoms with Crippen LogP contribution in [0.2, 0.25) is 0 Å². The molecule has 2 heterocycles. The molecule has 2 aromatic carbocycles. The average molecular weight is 360 g/mol. The molecule has 4 aromatic rings. The van der Waals surface area contributed by atoms with Crippen molar-refractivity contribution in [2.24, 2.45) is 0 Å². The summed E-state index contributed by atoms with van der Waals surface area (Å²) >= 11 is 1.35. The predicted molar refractivity (Wildman–Crippen MR) is 105 cm³/mol. The van der Waals surface area contributed by atoms with Crippen LogP contribution in [0.5, 0.6) is 0 Å². The van der Waals surface area contributed by atoms with E-state index in [1.54, 1.807) is 0 Å². The van der Waals surface area contributed by atoms with Gasteiger partial charge in [-0.2, -0.15) is 0 Å². The molecule has 0 saturated heterocycles. The smallest absolute Gasteiger partial charge is 0.258 e. The van der Waals surface area contributed by atoms with E-state index in [1.807, 2.05) is 68.4 Å². The number of pyridine rings is 1. The zero-order chi connectivity index (χ0) is 18.1. The number of anilines is 1. The molecule has 0 fully saturated rings. The van der Waals surface area contributed by atoms with Crippen molar-refractivity contribution < 1.29 is 4.79 Å². The van der Waals surface area contributed by atoms with Gasteiger partial charge in [-0.1, -0.05) is 59.9 Å². The monoisotopic (exact) mass is 360 g/mol. The molecule has 0 spiro atoms. The number of carbonyl (C=O) groups is 1. The summed E-state index contributed by atoms with van der Waals surface area (Å²) < 4.78 is 0. The van der Waals surface area contributed by atoms with Crippen LogP contribution in [-0.2, 0) is 0 Å². The fraction of sp³-hybridized carbons (Fsp3) is 0.100. The predicted octanol–water partition coefficient (Wildman–Crippen LogP) is 4.62. The van der Waals surface area contributed by atoms with Crippen molar-refractivity contribution in [3.63, 3.8) is 0 Å². The minimum Gasteiger partial charge on any atom is -0.296 e. The van der Waals surface area contributed by atoms with Gasteiger partial charge in [0.2, 0.25) is 5.13 Å². The highest BCUT2D eigenvalue weighted by Gasteiger charge is 2.19. The molecular weight excluding hydrogens is 344 g/mol. The highest BCUT2D eigenvalue weighted by Crippen LogP contribution is 2.30. The van der Waals surface area contributed by atoms with E-state index in [1.165, 1.54) is 11.3 Å². The Hall–Kier alpha value is -3.12. The standard InChI is InChI=1S/C20H16N4OS/c1-12-17(19(25)22-20-24-23-13(2)26-20)15-10-6-7-11-16(15)21-18(12)14-8-4-3-5-9-14/h3-11H,1-2H3,(H,22,24,25). The first kappa shape index (κ1) is 16.4. The summed E-state index contributed by atoms with van der Waals surface area (Å²) in [7, 11) is 0. The van der Waals surface area contributed by atoms with Crippen molar-refractivity contribution in [3.05, 3.63) is 70.7 Å². The largest absolute Gasteiger partial charge is 0.296 e. The Kier molecular flexibility index (Phi) is 4.18. The molecule has 0 bridgehead atoms. The third-order valence-electron chi connectivity index (χ3n) is 4.16. The van der Waals surface area contributed by atoms with Crippen LogP contribution in [0.3, 0.4) is 0 Å². The molecular formula is C20H16N4OS. The van der Waals surface area contributed by atoms with Crippen LogP contribution < -0.4 is 5.32 Å². The van der Waals surface area contributed by atoms with Gasteiger partial charge in [0, 0.05) is 10.9 Å². The first-order chi connectivity index (χ1) is 12.6. The van der Waals surface area contributed by atoms with Crippen molar-refractivity contribution in [2.45, 2.75) is 13.8 Å². The minimum absolute atomic E-state index is 0.200. The Morgan fingerprint density at radius 2 is 1.69 bits per heavy atom. The molecule has 0 aliphatic carbocycles. The Morgan fingerprint density at radius 1 is 0.962 bits per heavy atom. The van der Waals surface area contributed by atoms with Gasteiger partial charge < -0.3 is 0 Å². The molecule has 6 heteroatoms. The van der Waals surface area contributed by atoms with E-state index in [0.29, 0.717) is 10.7 Å². The Balaban J connectivity index is 1.89. The van der Waals surface area contributed by atoms with Gasteiger partial charge in [-0.3, -0.25) is 10.1 Å². The maximum Gasteiger partial charge on any atom is 0.258 e. The molecule has 0 saturated carbocycles. The second-order valence-electron chi connectivity index (χ2n) is 5.92. The Morgan fingerprint density at radius 3 is 2.42 bits per heavy atom. The van der Waals surface area contributed by atoms with Crippen LogP contribution in [0.15, 0.2) is 54.6 Å².